The van der Waals surface area contributed by atoms with Gasteiger partial charge in [0.05, 0.1) is 9.82 Å². The molecule has 1 fully saturated rings. The van der Waals surface area contributed by atoms with Gasteiger partial charge in [0.2, 0.25) is 15.9 Å². The average molecular weight is 522 g/mol. The van der Waals surface area contributed by atoms with Crippen molar-refractivity contribution in [3.63, 3.8) is 0 Å². The Kier molecular flexibility index (Phi) is 9.18. The molecule has 1 heterocycles. The number of nitrogens with one attached hydrogen (secondary N) is 1. The second-order valence-electron chi connectivity index (χ2n) is 7.29. The Morgan fingerprint density at radius 3 is 1.92 bits per heavy atom. The summed E-state index contributed by atoms with van der Waals surface area (Å²) in [6.45, 7) is 1.74. The first kappa shape index (κ1) is 27.9. The third-order valence-electron chi connectivity index (χ3n) is 4.85. The Balaban J connectivity index is 0.000000678. The van der Waals surface area contributed by atoms with Crippen LogP contribution in [0.1, 0.15) is 17.3 Å². The van der Waals surface area contributed by atoms with Gasteiger partial charge in [0.15, 0.2) is 0 Å². The molecule has 1 aliphatic rings. The molecule has 0 atom stereocenters. The third kappa shape index (κ3) is 7.07. The highest BCUT2D eigenvalue weighted by atomic mass is 32.2. The molecule has 14 nitrogen and oxygen atoms in total. The van der Waals surface area contributed by atoms with Gasteiger partial charge in [-0.2, -0.15) is 4.31 Å². The predicted octanol–water partition coefficient (Wildman–Crippen LogP) is 0.855. The minimum absolute atomic E-state index is 0.0210. The number of rotatable bonds is 5. The van der Waals surface area contributed by atoms with E-state index in [1.54, 1.807) is 6.07 Å². The van der Waals surface area contributed by atoms with Gasteiger partial charge in [-0.3, -0.25) is 19.7 Å². The zero-order chi connectivity index (χ0) is 27.0. The van der Waals surface area contributed by atoms with Gasteiger partial charge in [-0.25, -0.2) is 18.0 Å². The molecule has 15 heteroatoms. The van der Waals surface area contributed by atoms with Crippen molar-refractivity contribution in [3.05, 3.63) is 64.2 Å². The molecule has 0 aromatic heterocycles. The van der Waals surface area contributed by atoms with Crippen LogP contribution in [0.4, 0.5) is 11.4 Å². The number of para-hydroxylation sites is 1. The molecule has 0 bridgehead atoms. The lowest BCUT2D eigenvalue weighted by Crippen LogP contribution is -2.50. The van der Waals surface area contributed by atoms with Crippen molar-refractivity contribution < 1.29 is 42.7 Å². The molecule has 0 radical (unpaired) electrons. The van der Waals surface area contributed by atoms with Crippen molar-refractivity contribution >= 4 is 45.2 Å². The number of nitrogens with zero attached hydrogens (tertiary/aromatic N) is 3. The summed E-state index contributed by atoms with van der Waals surface area (Å²) in [6.07, 6.45) is 0. The van der Waals surface area contributed by atoms with Crippen LogP contribution in [0.15, 0.2) is 53.4 Å². The number of nitro benzene ring substituents is 1. The number of piperazine rings is 1. The van der Waals surface area contributed by atoms with Crippen LogP contribution >= 0.6 is 0 Å². The summed E-state index contributed by atoms with van der Waals surface area (Å²) >= 11 is 0. The highest BCUT2D eigenvalue weighted by Crippen LogP contribution is 2.23. The number of anilines is 1. The molecular formula is C21H22N4O10S. The molecule has 0 aliphatic carbocycles. The lowest BCUT2D eigenvalue weighted by molar-refractivity contribution is -0.385. The Morgan fingerprint density at radius 1 is 0.917 bits per heavy atom. The largest absolute Gasteiger partial charge is 0.473 e. The van der Waals surface area contributed by atoms with E-state index < -0.39 is 32.8 Å². The summed E-state index contributed by atoms with van der Waals surface area (Å²) in [5.74, 6) is -4.41. The first-order valence-electron chi connectivity index (χ1n) is 10.2. The Labute approximate surface area is 204 Å². The zero-order valence-electron chi connectivity index (χ0n) is 18.9. The van der Waals surface area contributed by atoms with Crippen LogP contribution in [0.3, 0.4) is 0 Å². The topological polar surface area (TPSA) is 205 Å². The molecule has 0 unspecified atom stereocenters. The van der Waals surface area contributed by atoms with Gasteiger partial charge in [-0.1, -0.05) is 12.1 Å². The number of sulfonamides is 1. The fraction of sp³-hybridized carbons (Fsp3) is 0.238. The van der Waals surface area contributed by atoms with Crippen molar-refractivity contribution in [2.24, 2.45) is 0 Å². The summed E-state index contributed by atoms with van der Waals surface area (Å²) in [7, 11) is -3.77. The summed E-state index contributed by atoms with van der Waals surface area (Å²) in [4.78, 5) is 54.0. The maximum Gasteiger partial charge on any atom is 0.414 e. The third-order valence-corrected chi connectivity index (χ3v) is 6.77. The van der Waals surface area contributed by atoms with Crippen molar-refractivity contribution in [1.29, 1.82) is 0 Å². The van der Waals surface area contributed by atoms with E-state index >= 15 is 0 Å². The molecule has 2 aromatic carbocycles. The molecule has 192 valence electrons. The minimum Gasteiger partial charge on any atom is -0.473 e. The van der Waals surface area contributed by atoms with Gasteiger partial charge in [-0.05, 0) is 30.3 Å². The molecular weight excluding hydrogens is 500 g/mol. The summed E-state index contributed by atoms with van der Waals surface area (Å²) in [6, 6.07) is 11.5. The number of carbonyl (C=O) groups is 4. The number of benzene rings is 2. The van der Waals surface area contributed by atoms with E-state index in [1.165, 1.54) is 58.6 Å². The molecule has 0 spiro atoms. The Hall–Kier alpha value is -4.37. The lowest BCUT2D eigenvalue weighted by Gasteiger charge is -2.34. The smallest absolute Gasteiger partial charge is 0.414 e. The highest BCUT2D eigenvalue weighted by molar-refractivity contribution is 7.89. The average Bonchev–Trinajstić information content (AvgIpc) is 2.84. The molecule has 1 saturated heterocycles. The van der Waals surface area contributed by atoms with Gasteiger partial charge in [0, 0.05) is 44.9 Å². The number of aliphatic carboxylic acids is 2. The summed E-state index contributed by atoms with van der Waals surface area (Å²) < 4.78 is 27.0. The fourth-order valence-electron chi connectivity index (χ4n) is 3.18. The number of carbonyl (C=O) groups excluding carboxylic acids is 2. The van der Waals surface area contributed by atoms with Gasteiger partial charge in [0.1, 0.15) is 5.56 Å². The number of hydrogen-bond donors (Lipinski definition) is 3. The standard InChI is InChI=1S/C19H20N4O6S.C2H2O4/c1-14(24)20-15-6-8-16(9-7-15)30(28,29)22-12-10-21(11-13-22)19(25)17-4-2-3-5-18(17)23(26)27;3-1(4)2(5)6/h2-9H,10-13H2,1H3,(H,20,24);(H,3,4)(H,5,6). The molecule has 3 rings (SSSR count). The monoisotopic (exact) mass is 522 g/mol. The quantitative estimate of drug-likeness (QED) is 0.287. The van der Waals surface area contributed by atoms with Crippen LogP contribution in [0, 0.1) is 10.1 Å². The van der Waals surface area contributed by atoms with Crippen molar-refractivity contribution in [2.45, 2.75) is 11.8 Å². The van der Waals surface area contributed by atoms with E-state index in [9.17, 15) is 28.1 Å². The molecule has 3 N–H and O–H groups in total. The van der Waals surface area contributed by atoms with Crippen molar-refractivity contribution in [2.75, 3.05) is 31.5 Å². The zero-order valence-corrected chi connectivity index (χ0v) is 19.7. The summed E-state index contributed by atoms with van der Waals surface area (Å²) in [5.41, 5.74) is 0.186. The predicted molar refractivity (Wildman–Crippen MR) is 124 cm³/mol. The van der Waals surface area contributed by atoms with Crippen LogP contribution in [0.2, 0.25) is 0 Å². The maximum absolute atomic E-state index is 12.9. The maximum atomic E-state index is 12.9. The molecule has 2 amide bonds. The Morgan fingerprint density at radius 2 is 1.44 bits per heavy atom. The van der Waals surface area contributed by atoms with Crippen molar-refractivity contribution in [3.8, 4) is 0 Å². The number of amides is 2. The van der Waals surface area contributed by atoms with Gasteiger partial charge < -0.3 is 20.4 Å². The Bertz CT molecular complexity index is 1260. The van der Waals surface area contributed by atoms with E-state index in [1.807, 2.05) is 0 Å². The van der Waals surface area contributed by atoms with Crippen LogP contribution in [-0.4, -0.2) is 82.7 Å². The van der Waals surface area contributed by atoms with E-state index in [2.05, 4.69) is 5.32 Å². The van der Waals surface area contributed by atoms with Crippen LogP contribution in [0.25, 0.3) is 0 Å². The number of hydrogen-bond acceptors (Lipinski definition) is 8. The first-order chi connectivity index (χ1) is 16.8. The lowest BCUT2D eigenvalue weighted by atomic mass is 10.1. The van der Waals surface area contributed by atoms with Gasteiger partial charge in [0.25, 0.3) is 11.6 Å². The van der Waals surface area contributed by atoms with E-state index in [0.717, 1.165) is 0 Å². The fourth-order valence-corrected chi connectivity index (χ4v) is 4.60. The molecule has 0 saturated carbocycles. The van der Waals surface area contributed by atoms with Gasteiger partial charge in [-0.15, -0.1) is 0 Å². The van der Waals surface area contributed by atoms with Crippen LogP contribution in [-0.2, 0) is 24.4 Å². The second-order valence-corrected chi connectivity index (χ2v) is 9.22. The van der Waals surface area contributed by atoms with Gasteiger partial charge >= 0.3 is 11.9 Å². The van der Waals surface area contributed by atoms with E-state index in [-0.39, 0.29) is 48.2 Å². The highest BCUT2D eigenvalue weighted by Gasteiger charge is 2.32. The number of carboxylic acids is 2. The van der Waals surface area contributed by atoms with Crippen LogP contribution < -0.4 is 5.32 Å². The molecule has 1 aliphatic heterocycles. The summed E-state index contributed by atoms with van der Waals surface area (Å²) in [5, 5.41) is 28.5. The SMILES string of the molecule is CC(=O)Nc1ccc(S(=O)(=O)N2CCN(C(=O)c3ccccc3[N+](=O)[O-])CC2)cc1.O=C(O)C(=O)O. The van der Waals surface area contributed by atoms with E-state index in [0.29, 0.717) is 5.69 Å². The normalized spacial score (nSPS) is 13.6. The number of nitro groups is 1. The van der Waals surface area contributed by atoms with Crippen LogP contribution in [0.5, 0.6) is 0 Å². The molecule has 2 aromatic rings. The van der Waals surface area contributed by atoms with E-state index in [4.69, 9.17) is 19.8 Å². The minimum atomic E-state index is -3.77. The number of carboxylic acid groups (broad SMARTS) is 2. The second kappa shape index (κ2) is 11.9. The molecule has 36 heavy (non-hydrogen) atoms. The first-order valence-corrected chi connectivity index (χ1v) is 11.6. The van der Waals surface area contributed by atoms with Crippen molar-refractivity contribution in [1.82, 2.24) is 9.21 Å².